The molecule has 0 atom stereocenters. The van der Waals surface area contributed by atoms with Crippen LogP contribution in [0.1, 0.15) is 47.1 Å². The zero-order valence-electron chi connectivity index (χ0n) is 20.9. The highest BCUT2D eigenvalue weighted by Crippen LogP contribution is 2.21. The van der Waals surface area contributed by atoms with E-state index < -0.39 is 9.52 Å². The Bertz CT molecular complexity index is 948. The quantitative estimate of drug-likeness (QED) is 0.387. The molecule has 4 heteroatoms. The van der Waals surface area contributed by atoms with Gasteiger partial charge in [0.05, 0.1) is 12.3 Å². The molecule has 0 aromatic heterocycles. The first kappa shape index (κ1) is 25.8. The van der Waals surface area contributed by atoms with Gasteiger partial charge in [-0.1, -0.05) is 55.2 Å². The van der Waals surface area contributed by atoms with Gasteiger partial charge in [0.2, 0.25) is 0 Å². The monoisotopic (exact) mass is 449 g/mol. The van der Waals surface area contributed by atoms with E-state index in [9.17, 15) is 0 Å². The van der Waals surface area contributed by atoms with Gasteiger partial charge in [-0.15, -0.1) is 0 Å². The average molecular weight is 450 g/mol. The molecule has 0 amide bonds. The topological polar surface area (TPSA) is 21.7 Å². The van der Waals surface area contributed by atoms with Gasteiger partial charge in [0.1, 0.15) is 21.0 Å². The number of ether oxygens (including phenoxy) is 2. The molecule has 0 saturated carbocycles. The van der Waals surface area contributed by atoms with E-state index in [1.165, 1.54) is 10.8 Å². The van der Waals surface area contributed by atoms with Crippen LogP contribution in [-0.2, 0) is 6.54 Å². The zero-order valence-corrected chi connectivity index (χ0v) is 22.3. The van der Waals surface area contributed by atoms with Crippen molar-refractivity contribution in [1.29, 1.82) is 0 Å². The predicted octanol–water partition coefficient (Wildman–Crippen LogP) is 4.73. The van der Waals surface area contributed by atoms with E-state index in [0.29, 0.717) is 0 Å². The van der Waals surface area contributed by atoms with E-state index in [4.69, 9.17) is 9.47 Å². The number of allylic oxidation sites excluding steroid dienone is 1. The summed E-state index contributed by atoms with van der Waals surface area (Å²) in [6, 6.07) is 16.8. The third kappa shape index (κ3) is 9.34. The largest absolute Gasteiger partial charge is 0.497 e. The maximum absolute atomic E-state index is 6.46. The minimum Gasteiger partial charge on any atom is -0.497 e. The van der Waals surface area contributed by atoms with Crippen molar-refractivity contribution in [2.75, 3.05) is 20.2 Å². The third-order valence-electron chi connectivity index (χ3n) is 4.97. The lowest BCUT2D eigenvalue weighted by Crippen LogP contribution is -2.42. The highest BCUT2D eigenvalue weighted by atomic mass is 28.2. The molecule has 0 fully saturated rings. The Balaban J connectivity index is 2.00. The van der Waals surface area contributed by atoms with Crippen molar-refractivity contribution in [1.82, 2.24) is 4.90 Å². The number of nitrogens with zero attached hydrogens (tertiary/aromatic N) is 1. The van der Waals surface area contributed by atoms with Crippen LogP contribution in [0.25, 0.3) is 0 Å². The second-order valence-corrected chi connectivity index (χ2v) is 12.6. The van der Waals surface area contributed by atoms with Gasteiger partial charge in [0.25, 0.3) is 0 Å². The van der Waals surface area contributed by atoms with Crippen molar-refractivity contribution in [2.45, 2.75) is 53.3 Å². The molecule has 0 N–H and O–H groups in total. The first-order valence-electron chi connectivity index (χ1n) is 11.4. The van der Waals surface area contributed by atoms with Crippen LogP contribution in [0.5, 0.6) is 11.5 Å². The van der Waals surface area contributed by atoms with Crippen molar-refractivity contribution >= 4 is 14.7 Å². The predicted molar refractivity (Wildman–Crippen MR) is 140 cm³/mol. The summed E-state index contributed by atoms with van der Waals surface area (Å²) in [5.74, 6) is 8.28. The Kier molecular flexibility index (Phi) is 9.62. The highest BCUT2D eigenvalue weighted by molar-refractivity contribution is 6.57. The maximum atomic E-state index is 6.46. The summed E-state index contributed by atoms with van der Waals surface area (Å²) in [6.45, 7) is 15.7. The molecular formula is C28H39NO2Si. The van der Waals surface area contributed by atoms with Crippen LogP contribution in [0.15, 0.2) is 60.7 Å². The Morgan fingerprint density at radius 1 is 1.03 bits per heavy atom. The molecular weight excluding hydrogens is 410 g/mol. The summed E-state index contributed by atoms with van der Waals surface area (Å²) in [5.41, 5.74) is 1.30. The molecule has 2 aromatic carbocycles. The number of para-hydroxylation sites is 1. The highest BCUT2D eigenvalue weighted by Gasteiger charge is 2.23. The minimum atomic E-state index is -0.712. The summed E-state index contributed by atoms with van der Waals surface area (Å²) < 4.78 is 12.0. The van der Waals surface area contributed by atoms with E-state index in [0.717, 1.165) is 31.1 Å². The van der Waals surface area contributed by atoms with Crippen molar-refractivity contribution in [3.8, 4) is 23.3 Å². The second-order valence-electron chi connectivity index (χ2n) is 9.75. The summed E-state index contributed by atoms with van der Waals surface area (Å²) in [5, 5.41) is 1.07. The van der Waals surface area contributed by atoms with Gasteiger partial charge in [0.15, 0.2) is 0 Å². The number of benzene rings is 2. The van der Waals surface area contributed by atoms with Crippen molar-refractivity contribution < 1.29 is 9.47 Å². The standard InChI is InChI=1S/C28H39NO2Si/c1-8-29(20-13-9-12-19-27(2,3)4)22-23-15-14-16-24(21-23)31-28(5,6)32-26-18-11-10-17-25(26)30-7/h9-11,13-18,21H,8,20,22,32H2,1-7H3. The van der Waals surface area contributed by atoms with Crippen LogP contribution in [0.4, 0.5) is 0 Å². The second kappa shape index (κ2) is 11.9. The fourth-order valence-electron chi connectivity index (χ4n) is 3.45. The van der Waals surface area contributed by atoms with E-state index in [-0.39, 0.29) is 10.6 Å². The van der Waals surface area contributed by atoms with Gasteiger partial charge in [0, 0.05) is 18.5 Å². The van der Waals surface area contributed by atoms with Gasteiger partial charge in [-0.3, -0.25) is 4.90 Å². The number of likely N-dealkylation sites (N-methyl/N-ethyl adjacent to an activating group) is 1. The minimum absolute atomic E-state index is 0.0392. The SMILES string of the molecule is CCN(CC=CC#CC(C)(C)C)Cc1cccc(OC(C)(C)[SiH2]c2ccccc2OC)c1. The molecule has 0 unspecified atom stereocenters. The smallest absolute Gasteiger partial charge is 0.119 e. The molecule has 172 valence electrons. The lowest BCUT2D eigenvalue weighted by Gasteiger charge is -2.27. The molecule has 0 heterocycles. The fraction of sp³-hybridized carbons (Fsp3) is 0.429. The number of hydrogen-bond acceptors (Lipinski definition) is 3. The molecule has 0 aliphatic rings. The van der Waals surface area contributed by atoms with Gasteiger partial charge in [-0.25, -0.2) is 0 Å². The normalized spacial score (nSPS) is 12.4. The first-order valence-corrected chi connectivity index (χ1v) is 12.8. The molecule has 0 radical (unpaired) electrons. The van der Waals surface area contributed by atoms with Gasteiger partial charge in [-0.05, 0) is 76.2 Å². The molecule has 32 heavy (non-hydrogen) atoms. The molecule has 2 rings (SSSR count). The fourth-order valence-corrected chi connectivity index (χ4v) is 5.30. The lowest BCUT2D eigenvalue weighted by atomic mass is 9.98. The van der Waals surface area contributed by atoms with Crippen molar-refractivity contribution in [2.24, 2.45) is 5.41 Å². The summed E-state index contributed by atoms with van der Waals surface area (Å²) in [4.78, 5) is 2.39. The molecule has 0 bridgehead atoms. The van der Waals surface area contributed by atoms with E-state index in [1.54, 1.807) is 7.11 Å². The average Bonchev–Trinajstić information content (AvgIpc) is 2.71. The van der Waals surface area contributed by atoms with E-state index in [1.807, 2.05) is 18.2 Å². The third-order valence-corrected chi connectivity index (χ3v) is 6.93. The molecule has 0 saturated heterocycles. The first-order chi connectivity index (χ1) is 15.1. The van der Waals surface area contributed by atoms with Crippen LogP contribution in [-0.4, -0.2) is 39.8 Å². The van der Waals surface area contributed by atoms with E-state index >= 15 is 0 Å². The van der Waals surface area contributed by atoms with Crippen LogP contribution in [0.3, 0.4) is 0 Å². The number of methoxy groups -OCH3 is 1. The van der Waals surface area contributed by atoms with Crippen LogP contribution in [0, 0.1) is 17.3 Å². The molecule has 0 aliphatic heterocycles. The van der Waals surface area contributed by atoms with E-state index in [2.05, 4.69) is 101 Å². The summed E-state index contributed by atoms with van der Waals surface area (Å²) in [7, 11) is 1.02. The Morgan fingerprint density at radius 2 is 1.78 bits per heavy atom. The van der Waals surface area contributed by atoms with Gasteiger partial charge in [-0.2, -0.15) is 0 Å². The maximum Gasteiger partial charge on any atom is 0.119 e. The van der Waals surface area contributed by atoms with Gasteiger partial charge < -0.3 is 9.47 Å². The Labute approximate surface area is 197 Å². The molecule has 2 aromatic rings. The number of rotatable bonds is 10. The van der Waals surface area contributed by atoms with Crippen LogP contribution < -0.4 is 14.7 Å². The van der Waals surface area contributed by atoms with Crippen LogP contribution in [0.2, 0.25) is 0 Å². The van der Waals surface area contributed by atoms with Crippen LogP contribution >= 0.6 is 0 Å². The Hall–Kier alpha value is -2.48. The summed E-state index contributed by atoms with van der Waals surface area (Å²) in [6.07, 6.45) is 4.11. The van der Waals surface area contributed by atoms with Crippen molar-refractivity contribution in [3.05, 3.63) is 66.2 Å². The zero-order chi connectivity index (χ0) is 23.6. The van der Waals surface area contributed by atoms with Gasteiger partial charge >= 0.3 is 0 Å². The molecule has 0 spiro atoms. The Morgan fingerprint density at radius 3 is 2.47 bits per heavy atom. The van der Waals surface area contributed by atoms with Crippen molar-refractivity contribution in [3.63, 3.8) is 0 Å². The molecule has 0 aliphatic carbocycles. The number of hydrogen-bond donors (Lipinski definition) is 0. The lowest BCUT2D eigenvalue weighted by molar-refractivity contribution is 0.195. The molecule has 3 nitrogen and oxygen atoms in total. The summed E-state index contributed by atoms with van der Waals surface area (Å²) >= 11 is 0.